The minimum absolute atomic E-state index is 0.904. The summed E-state index contributed by atoms with van der Waals surface area (Å²) in [6, 6.07) is 6.03. The van der Waals surface area contributed by atoms with E-state index in [1.165, 1.54) is 0 Å². The predicted molar refractivity (Wildman–Crippen MR) is 69.3 cm³/mol. The maximum absolute atomic E-state index is 4.47. The van der Waals surface area contributed by atoms with Crippen molar-refractivity contribution in [3.8, 4) is 0 Å². The Kier molecular flexibility index (Phi) is 3.17. The van der Waals surface area contributed by atoms with E-state index >= 15 is 0 Å². The summed E-state index contributed by atoms with van der Waals surface area (Å²) >= 11 is 5.11. The third-order valence-electron chi connectivity index (χ3n) is 1.88. The molecule has 1 aromatic carbocycles. The highest BCUT2D eigenvalue weighted by molar-refractivity contribution is 9.10. The number of aromatic amines is 1. The van der Waals surface area contributed by atoms with Gasteiger partial charge in [-0.1, -0.05) is 39.8 Å². The van der Waals surface area contributed by atoms with Crippen LogP contribution in [0.25, 0.3) is 11.0 Å². The molecule has 0 saturated heterocycles. The van der Waals surface area contributed by atoms with Crippen LogP contribution in [0.15, 0.2) is 40.0 Å². The van der Waals surface area contributed by atoms with Crippen LogP contribution in [-0.4, -0.2) is 15.7 Å². The number of aromatic nitrogens is 2. The molecule has 0 amide bonds. The number of imidazole rings is 1. The second-order valence-electron chi connectivity index (χ2n) is 3.45. The SMILES string of the molecule is C=C(C)CSc1nc2ccc(Br)cc2[nH]1. The molecule has 2 nitrogen and oxygen atoms in total. The Labute approximate surface area is 101 Å². The van der Waals surface area contributed by atoms with Crippen LogP contribution in [0.1, 0.15) is 6.92 Å². The van der Waals surface area contributed by atoms with Crippen molar-refractivity contribution < 1.29 is 0 Å². The summed E-state index contributed by atoms with van der Waals surface area (Å²) in [5, 5.41) is 0.950. The molecule has 4 heteroatoms. The molecular weight excluding hydrogens is 272 g/mol. The molecule has 0 fully saturated rings. The van der Waals surface area contributed by atoms with Gasteiger partial charge in [0.15, 0.2) is 5.16 Å². The molecule has 0 aliphatic rings. The van der Waals surface area contributed by atoms with Gasteiger partial charge in [0.1, 0.15) is 0 Å². The lowest BCUT2D eigenvalue weighted by molar-refractivity contribution is 1.08. The number of nitrogens with zero attached hydrogens (tertiary/aromatic N) is 1. The molecule has 2 rings (SSSR count). The van der Waals surface area contributed by atoms with E-state index < -0.39 is 0 Å². The fraction of sp³-hybridized carbons (Fsp3) is 0.182. The molecule has 15 heavy (non-hydrogen) atoms. The van der Waals surface area contributed by atoms with Gasteiger partial charge in [-0.2, -0.15) is 0 Å². The number of hydrogen-bond donors (Lipinski definition) is 1. The van der Waals surface area contributed by atoms with Gasteiger partial charge >= 0.3 is 0 Å². The van der Waals surface area contributed by atoms with Gasteiger partial charge in [0.05, 0.1) is 11.0 Å². The van der Waals surface area contributed by atoms with Crippen molar-refractivity contribution >= 4 is 38.7 Å². The number of hydrogen-bond acceptors (Lipinski definition) is 2. The molecule has 0 bridgehead atoms. The molecule has 0 atom stereocenters. The van der Waals surface area contributed by atoms with Gasteiger partial charge in [0.25, 0.3) is 0 Å². The number of nitrogens with one attached hydrogen (secondary N) is 1. The summed E-state index contributed by atoms with van der Waals surface area (Å²) in [4.78, 5) is 7.74. The van der Waals surface area contributed by atoms with Crippen molar-refractivity contribution in [1.82, 2.24) is 9.97 Å². The van der Waals surface area contributed by atoms with Gasteiger partial charge in [-0.15, -0.1) is 0 Å². The maximum atomic E-state index is 4.47. The van der Waals surface area contributed by atoms with Crippen LogP contribution in [0.3, 0.4) is 0 Å². The molecule has 0 unspecified atom stereocenters. The summed E-state index contributed by atoms with van der Waals surface area (Å²) in [6.07, 6.45) is 0. The molecule has 1 aromatic heterocycles. The zero-order chi connectivity index (χ0) is 10.8. The molecule has 1 heterocycles. The summed E-state index contributed by atoms with van der Waals surface area (Å²) in [7, 11) is 0. The average Bonchev–Trinajstić information content (AvgIpc) is 2.56. The number of halogens is 1. The van der Waals surface area contributed by atoms with Crippen molar-refractivity contribution in [2.75, 3.05) is 5.75 Å². The van der Waals surface area contributed by atoms with Crippen molar-refractivity contribution in [3.63, 3.8) is 0 Å². The lowest BCUT2D eigenvalue weighted by atomic mass is 10.3. The molecule has 0 aliphatic heterocycles. The molecule has 0 aliphatic carbocycles. The monoisotopic (exact) mass is 282 g/mol. The first kappa shape index (κ1) is 10.8. The molecule has 0 spiro atoms. The first-order valence-electron chi connectivity index (χ1n) is 4.57. The minimum atomic E-state index is 0.904. The van der Waals surface area contributed by atoms with Crippen molar-refractivity contribution in [2.24, 2.45) is 0 Å². The molecule has 0 saturated carbocycles. The zero-order valence-electron chi connectivity index (χ0n) is 8.38. The van der Waals surface area contributed by atoms with Gasteiger partial charge in [0, 0.05) is 10.2 Å². The third-order valence-corrected chi connectivity index (χ3v) is 3.47. The summed E-state index contributed by atoms with van der Waals surface area (Å²) < 4.78 is 1.06. The Hall–Kier alpha value is -0.740. The van der Waals surface area contributed by atoms with Crippen LogP contribution in [0, 0.1) is 0 Å². The van der Waals surface area contributed by atoms with Gasteiger partial charge < -0.3 is 4.98 Å². The largest absolute Gasteiger partial charge is 0.333 e. The smallest absolute Gasteiger partial charge is 0.166 e. The normalized spacial score (nSPS) is 10.8. The first-order chi connectivity index (χ1) is 7.15. The number of thioether (sulfide) groups is 1. The second kappa shape index (κ2) is 4.41. The van der Waals surface area contributed by atoms with Gasteiger partial charge in [-0.25, -0.2) is 4.98 Å². The highest BCUT2D eigenvalue weighted by Gasteiger charge is 2.03. The zero-order valence-corrected chi connectivity index (χ0v) is 10.8. The van der Waals surface area contributed by atoms with E-state index in [-0.39, 0.29) is 0 Å². The van der Waals surface area contributed by atoms with E-state index in [1.807, 2.05) is 25.1 Å². The van der Waals surface area contributed by atoms with Crippen molar-refractivity contribution in [1.29, 1.82) is 0 Å². The lowest BCUT2D eigenvalue weighted by Gasteiger charge is -1.94. The van der Waals surface area contributed by atoms with Crippen molar-refractivity contribution in [3.05, 3.63) is 34.8 Å². The van der Waals surface area contributed by atoms with E-state index in [0.29, 0.717) is 0 Å². The number of H-pyrrole nitrogens is 1. The van der Waals surface area contributed by atoms with E-state index in [0.717, 1.165) is 32.0 Å². The standard InChI is InChI=1S/C11H11BrN2S/c1-7(2)6-15-11-13-9-4-3-8(12)5-10(9)14-11/h3-5H,1,6H2,2H3,(H,13,14). The topological polar surface area (TPSA) is 28.7 Å². The molecular formula is C11H11BrN2S. The van der Waals surface area contributed by atoms with Gasteiger partial charge in [0.2, 0.25) is 0 Å². The predicted octanol–water partition coefficient (Wildman–Crippen LogP) is 3.99. The molecule has 2 aromatic rings. The maximum Gasteiger partial charge on any atom is 0.166 e. The quantitative estimate of drug-likeness (QED) is 0.681. The number of rotatable bonds is 3. The van der Waals surface area contributed by atoms with Crippen LogP contribution in [0.4, 0.5) is 0 Å². The van der Waals surface area contributed by atoms with Crippen LogP contribution in [0.2, 0.25) is 0 Å². The summed E-state index contributed by atoms with van der Waals surface area (Å²) in [5.74, 6) is 0.904. The fourth-order valence-corrected chi connectivity index (χ4v) is 2.31. The van der Waals surface area contributed by atoms with E-state index in [1.54, 1.807) is 11.8 Å². The van der Waals surface area contributed by atoms with Crippen molar-refractivity contribution in [2.45, 2.75) is 12.1 Å². The van der Waals surface area contributed by atoms with Crippen LogP contribution in [-0.2, 0) is 0 Å². The highest BCUT2D eigenvalue weighted by atomic mass is 79.9. The first-order valence-corrected chi connectivity index (χ1v) is 6.35. The summed E-state index contributed by atoms with van der Waals surface area (Å²) in [5.41, 5.74) is 3.22. The highest BCUT2D eigenvalue weighted by Crippen LogP contribution is 2.23. The summed E-state index contributed by atoms with van der Waals surface area (Å²) in [6.45, 7) is 5.89. The Balaban J connectivity index is 2.27. The average molecular weight is 283 g/mol. The van der Waals surface area contributed by atoms with E-state index in [9.17, 15) is 0 Å². The molecule has 0 radical (unpaired) electrons. The van der Waals surface area contributed by atoms with Gasteiger partial charge in [-0.3, -0.25) is 0 Å². The Morgan fingerprint density at radius 2 is 2.40 bits per heavy atom. The van der Waals surface area contributed by atoms with E-state index in [4.69, 9.17) is 0 Å². The number of fused-ring (bicyclic) bond motifs is 1. The Morgan fingerprint density at radius 1 is 1.60 bits per heavy atom. The minimum Gasteiger partial charge on any atom is -0.333 e. The van der Waals surface area contributed by atoms with E-state index in [2.05, 4.69) is 32.5 Å². The number of benzene rings is 1. The molecule has 78 valence electrons. The second-order valence-corrected chi connectivity index (χ2v) is 5.33. The molecule has 1 N–H and O–H groups in total. The Bertz CT molecular complexity index is 504. The van der Waals surface area contributed by atoms with Crippen LogP contribution < -0.4 is 0 Å². The van der Waals surface area contributed by atoms with Gasteiger partial charge in [-0.05, 0) is 25.1 Å². The fourth-order valence-electron chi connectivity index (χ4n) is 1.22. The third kappa shape index (κ3) is 2.63. The lowest BCUT2D eigenvalue weighted by Crippen LogP contribution is -1.80. The van der Waals surface area contributed by atoms with Crippen LogP contribution >= 0.6 is 27.7 Å². The Morgan fingerprint density at radius 3 is 3.13 bits per heavy atom. The van der Waals surface area contributed by atoms with Crippen LogP contribution in [0.5, 0.6) is 0 Å².